The molecule has 0 aromatic rings. The van der Waals surface area contributed by atoms with Crippen molar-refractivity contribution >= 4 is 17.7 Å². The Morgan fingerprint density at radius 1 is 0.920 bits per heavy atom. The molecule has 0 aromatic heterocycles. The highest BCUT2D eigenvalue weighted by Crippen LogP contribution is 2.41. The van der Waals surface area contributed by atoms with Crippen LogP contribution in [-0.4, -0.2) is 27.6 Å². The predicted molar refractivity (Wildman–Crippen MR) is 107 cm³/mol. The van der Waals surface area contributed by atoms with Crippen molar-refractivity contribution in [3.05, 3.63) is 0 Å². The molecule has 0 unspecified atom stereocenters. The van der Waals surface area contributed by atoms with Crippen LogP contribution in [0.25, 0.3) is 0 Å². The summed E-state index contributed by atoms with van der Waals surface area (Å²) in [4.78, 5) is 12.2. The summed E-state index contributed by atoms with van der Waals surface area (Å²) >= 11 is 6.47. The number of nitrogens with zero attached hydrogens (tertiary/aromatic N) is 1. The average Bonchev–Trinajstić information content (AvgIpc) is 2.50. The Kier molecular flexibility index (Phi) is 9.80. The van der Waals surface area contributed by atoms with Gasteiger partial charge in [-0.2, -0.15) is 0 Å². The minimum absolute atomic E-state index is 0.0222. The number of carbonyl (C=O) groups excluding carboxylic acids is 1. The zero-order valence-electron chi connectivity index (χ0n) is 17.2. The number of hydrogen-bond donors (Lipinski definition) is 0. The van der Waals surface area contributed by atoms with Gasteiger partial charge in [-0.1, -0.05) is 58.3 Å². The lowest BCUT2D eigenvalue weighted by Crippen LogP contribution is -2.57. The second-order valence-corrected chi connectivity index (χ2v) is 9.34. The molecule has 4 heteroatoms. The maximum atomic E-state index is 12.2. The van der Waals surface area contributed by atoms with Gasteiger partial charge in [0, 0.05) is 30.3 Å². The Balaban J connectivity index is 2.16. The molecule has 1 heterocycles. The second kappa shape index (κ2) is 10.8. The van der Waals surface area contributed by atoms with E-state index in [4.69, 9.17) is 16.5 Å². The summed E-state index contributed by atoms with van der Waals surface area (Å²) in [5, 5.41) is 0. The lowest BCUT2D eigenvalue weighted by molar-refractivity contribution is -0.156. The maximum Gasteiger partial charge on any atom is 0.306 e. The van der Waals surface area contributed by atoms with Gasteiger partial charge in [0.2, 0.25) is 0 Å². The highest BCUT2D eigenvalue weighted by molar-refractivity contribution is 6.14. The van der Waals surface area contributed by atoms with Gasteiger partial charge in [0.1, 0.15) is 6.10 Å². The van der Waals surface area contributed by atoms with Crippen molar-refractivity contribution in [3.63, 3.8) is 0 Å². The molecule has 148 valence electrons. The first-order valence-corrected chi connectivity index (χ1v) is 10.7. The number of halogens is 1. The van der Waals surface area contributed by atoms with Crippen molar-refractivity contribution < 1.29 is 9.53 Å². The molecule has 0 radical (unpaired) electrons. The van der Waals surface area contributed by atoms with E-state index in [0.717, 1.165) is 25.7 Å². The van der Waals surface area contributed by atoms with Crippen LogP contribution in [0.4, 0.5) is 0 Å². The molecule has 0 atom stereocenters. The van der Waals surface area contributed by atoms with Crippen LogP contribution in [0.15, 0.2) is 0 Å². The summed E-state index contributed by atoms with van der Waals surface area (Å²) in [6.45, 7) is 10.7. The molecule has 1 aliphatic heterocycles. The zero-order valence-corrected chi connectivity index (χ0v) is 18.0. The number of hydrogen-bond acceptors (Lipinski definition) is 3. The first-order chi connectivity index (χ1) is 11.7. The normalized spacial score (nSPS) is 20.6. The highest BCUT2D eigenvalue weighted by Gasteiger charge is 2.46. The van der Waals surface area contributed by atoms with Gasteiger partial charge in [-0.05, 0) is 45.9 Å². The number of esters is 1. The monoisotopic (exact) mass is 373 g/mol. The van der Waals surface area contributed by atoms with Gasteiger partial charge < -0.3 is 4.74 Å². The lowest BCUT2D eigenvalue weighted by atomic mass is 9.81. The van der Waals surface area contributed by atoms with E-state index in [-0.39, 0.29) is 23.2 Å². The van der Waals surface area contributed by atoms with E-state index in [0.29, 0.717) is 6.42 Å². The van der Waals surface area contributed by atoms with E-state index in [1.54, 1.807) is 0 Å². The molecular formula is C21H40ClNO2. The quantitative estimate of drug-likeness (QED) is 0.231. The lowest BCUT2D eigenvalue weighted by Gasteiger charge is -2.50. The van der Waals surface area contributed by atoms with Crippen molar-refractivity contribution in [3.8, 4) is 0 Å². The van der Waals surface area contributed by atoms with E-state index in [2.05, 4.69) is 34.6 Å². The van der Waals surface area contributed by atoms with E-state index >= 15 is 0 Å². The van der Waals surface area contributed by atoms with Crippen LogP contribution in [0.3, 0.4) is 0 Å². The first kappa shape index (κ1) is 22.8. The van der Waals surface area contributed by atoms with Crippen molar-refractivity contribution in [1.29, 1.82) is 0 Å². The Bertz CT molecular complexity index is 377. The van der Waals surface area contributed by atoms with Gasteiger partial charge >= 0.3 is 5.97 Å². The minimum Gasteiger partial charge on any atom is -0.462 e. The smallest absolute Gasteiger partial charge is 0.306 e. The molecule has 0 aromatic carbocycles. The summed E-state index contributed by atoms with van der Waals surface area (Å²) in [6.07, 6.45) is 13.5. The average molecular weight is 374 g/mol. The summed E-state index contributed by atoms with van der Waals surface area (Å²) in [5.74, 6) is -0.0393. The molecule has 1 rings (SSSR count). The van der Waals surface area contributed by atoms with Gasteiger partial charge in [-0.25, -0.2) is 4.42 Å². The van der Waals surface area contributed by atoms with Crippen LogP contribution < -0.4 is 0 Å². The largest absolute Gasteiger partial charge is 0.462 e. The standard InChI is InChI=1S/C21H40ClNO2/c1-6-7-8-9-10-11-12-13-14-15-19(24)25-18-16-20(2,3)23(22)21(4,5)17-18/h18H,6-17H2,1-5H3. The number of piperidine rings is 1. The fourth-order valence-corrected chi connectivity index (χ4v) is 4.21. The van der Waals surface area contributed by atoms with Crippen LogP contribution in [0.2, 0.25) is 0 Å². The van der Waals surface area contributed by atoms with Crippen molar-refractivity contribution in [2.45, 2.75) is 129 Å². The topological polar surface area (TPSA) is 29.5 Å². The molecule has 25 heavy (non-hydrogen) atoms. The van der Waals surface area contributed by atoms with Crippen LogP contribution in [0, 0.1) is 0 Å². The number of carbonyl (C=O) groups is 1. The third-order valence-electron chi connectivity index (χ3n) is 5.30. The SMILES string of the molecule is CCCCCCCCCCCC(=O)OC1CC(C)(C)N(Cl)C(C)(C)C1. The van der Waals surface area contributed by atoms with Gasteiger partial charge in [0.25, 0.3) is 0 Å². The molecule has 0 bridgehead atoms. The molecule has 0 N–H and O–H groups in total. The van der Waals surface area contributed by atoms with E-state index in [1.165, 1.54) is 44.9 Å². The van der Waals surface area contributed by atoms with Gasteiger partial charge in [0.05, 0.1) is 0 Å². The summed E-state index contributed by atoms with van der Waals surface area (Å²) < 4.78 is 7.65. The molecule has 1 aliphatic rings. The number of ether oxygens (including phenoxy) is 1. The third-order valence-corrected chi connectivity index (χ3v) is 6.22. The fourth-order valence-electron chi connectivity index (χ4n) is 4.07. The van der Waals surface area contributed by atoms with E-state index in [1.807, 2.05) is 4.42 Å². The zero-order chi connectivity index (χ0) is 18.9. The minimum atomic E-state index is -0.161. The third kappa shape index (κ3) is 8.30. The molecule has 0 aliphatic carbocycles. The van der Waals surface area contributed by atoms with E-state index in [9.17, 15) is 4.79 Å². The molecule has 3 nitrogen and oxygen atoms in total. The van der Waals surface area contributed by atoms with Crippen LogP contribution in [0.1, 0.15) is 112 Å². The summed E-state index contributed by atoms with van der Waals surface area (Å²) in [6, 6.07) is 0. The number of rotatable bonds is 11. The van der Waals surface area contributed by atoms with Crippen molar-refractivity contribution in [2.24, 2.45) is 0 Å². The summed E-state index contributed by atoms with van der Waals surface area (Å²) in [7, 11) is 0. The predicted octanol–water partition coefficient (Wildman–Crippen LogP) is 6.63. The molecule has 0 saturated carbocycles. The van der Waals surface area contributed by atoms with Crippen molar-refractivity contribution in [2.75, 3.05) is 0 Å². The summed E-state index contributed by atoms with van der Waals surface area (Å²) in [5.41, 5.74) is -0.321. The molecule has 1 fully saturated rings. The van der Waals surface area contributed by atoms with Gasteiger partial charge in [-0.15, -0.1) is 0 Å². The maximum absolute atomic E-state index is 12.2. The van der Waals surface area contributed by atoms with Crippen LogP contribution in [-0.2, 0) is 9.53 Å². The van der Waals surface area contributed by atoms with Crippen molar-refractivity contribution in [1.82, 2.24) is 4.42 Å². The number of unbranched alkanes of at least 4 members (excludes halogenated alkanes) is 8. The Hall–Kier alpha value is -0.280. The fraction of sp³-hybridized carbons (Fsp3) is 0.952. The molecule has 0 amide bonds. The Morgan fingerprint density at radius 3 is 1.84 bits per heavy atom. The van der Waals surface area contributed by atoms with Crippen LogP contribution in [0.5, 0.6) is 0 Å². The molecule has 0 spiro atoms. The van der Waals surface area contributed by atoms with E-state index < -0.39 is 0 Å². The first-order valence-electron chi connectivity index (χ1n) is 10.3. The van der Waals surface area contributed by atoms with Gasteiger partial charge in [-0.3, -0.25) is 4.79 Å². The Morgan fingerprint density at radius 2 is 1.36 bits per heavy atom. The molecule has 1 saturated heterocycles. The Labute approximate surface area is 160 Å². The second-order valence-electron chi connectivity index (χ2n) is 9.00. The molecular weight excluding hydrogens is 334 g/mol. The highest BCUT2D eigenvalue weighted by atomic mass is 35.5. The van der Waals surface area contributed by atoms with Crippen LogP contribution >= 0.6 is 11.8 Å². The van der Waals surface area contributed by atoms with Gasteiger partial charge in [0.15, 0.2) is 0 Å².